The van der Waals surface area contributed by atoms with E-state index in [0.29, 0.717) is 27.4 Å². The zero-order valence-electron chi connectivity index (χ0n) is 12.0. The molecule has 0 saturated carbocycles. The number of fused-ring (bicyclic) bond motifs is 1. The van der Waals surface area contributed by atoms with Gasteiger partial charge in [0.2, 0.25) is 0 Å². The molecule has 3 rings (SSSR count). The lowest BCUT2D eigenvalue weighted by Gasteiger charge is -2.13. The highest BCUT2D eigenvalue weighted by atomic mass is 79.9. The third-order valence-corrected chi connectivity index (χ3v) is 4.29. The molecular formula is C18H13BrClNO2. The third-order valence-electron chi connectivity index (χ3n) is 3.49. The summed E-state index contributed by atoms with van der Waals surface area (Å²) < 4.78 is 6.67. The Morgan fingerprint density at radius 1 is 1.13 bits per heavy atom. The fraction of sp³-hybridized carbons (Fsp3) is 0.0556. The fourth-order valence-corrected chi connectivity index (χ4v) is 3.41. The van der Waals surface area contributed by atoms with Gasteiger partial charge in [-0.1, -0.05) is 59.2 Å². The minimum Gasteiger partial charge on any atom is -0.487 e. The predicted molar refractivity (Wildman–Crippen MR) is 96.8 cm³/mol. The molecule has 0 aliphatic heterocycles. The number of hydrogen-bond acceptors (Lipinski definition) is 3. The molecule has 0 atom stereocenters. The Morgan fingerprint density at radius 2 is 1.91 bits per heavy atom. The second kappa shape index (κ2) is 7.02. The summed E-state index contributed by atoms with van der Waals surface area (Å²) in [6.45, 7) is 0.397. The van der Waals surface area contributed by atoms with E-state index in [1.807, 2.05) is 24.3 Å². The lowest BCUT2D eigenvalue weighted by atomic mass is 10.1. The fourth-order valence-electron chi connectivity index (χ4n) is 2.46. The van der Waals surface area contributed by atoms with Crippen molar-refractivity contribution in [3.8, 4) is 5.75 Å². The second-order valence-electron chi connectivity index (χ2n) is 4.98. The number of oxime groups is 1. The van der Waals surface area contributed by atoms with Crippen molar-refractivity contribution in [3.05, 3.63) is 75.2 Å². The number of rotatable bonds is 4. The summed E-state index contributed by atoms with van der Waals surface area (Å²) in [4.78, 5) is 0. The summed E-state index contributed by atoms with van der Waals surface area (Å²) in [5, 5.41) is 14.7. The summed E-state index contributed by atoms with van der Waals surface area (Å²) in [5.74, 6) is 0.583. The predicted octanol–water partition coefficient (Wildman–Crippen LogP) is 5.64. The highest BCUT2D eigenvalue weighted by Gasteiger charge is 2.10. The van der Waals surface area contributed by atoms with Crippen molar-refractivity contribution in [2.75, 3.05) is 0 Å². The van der Waals surface area contributed by atoms with Crippen LogP contribution >= 0.6 is 27.5 Å². The standard InChI is InChI=1S/C18H13BrClNO2/c19-17-9-15(20)8-14(10-21-22)18(17)23-11-13-6-3-5-12-4-1-2-7-16(12)13/h1-10,22H,11H2. The van der Waals surface area contributed by atoms with E-state index in [0.717, 1.165) is 10.9 Å². The maximum Gasteiger partial charge on any atom is 0.142 e. The van der Waals surface area contributed by atoms with E-state index in [1.54, 1.807) is 12.1 Å². The Hall–Kier alpha value is -2.04. The highest BCUT2D eigenvalue weighted by Crippen LogP contribution is 2.33. The van der Waals surface area contributed by atoms with Crippen molar-refractivity contribution >= 4 is 44.5 Å². The summed E-state index contributed by atoms with van der Waals surface area (Å²) in [7, 11) is 0. The van der Waals surface area contributed by atoms with E-state index in [9.17, 15) is 0 Å². The van der Waals surface area contributed by atoms with Crippen molar-refractivity contribution < 1.29 is 9.94 Å². The van der Waals surface area contributed by atoms with E-state index in [4.69, 9.17) is 21.5 Å². The molecule has 0 aliphatic carbocycles. The molecule has 0 aliphatic rings. The van der Waals surface area contributed by atoms with E-state index < -0.39 is 0 Å². The van der Waals surface area contributed by atoms with Gasteiger partial charge in [-0.3, -0.25) is 0 Å². The molecule has 0 saturated heterocycles. The van der Waals surface area contributed by atoms with Gasteiger partial charge in [0.05, 0.1) is 10.7 Å². The Morgan fingerprint density at radius 3 is 2.74 bits per heavy atom. The van der Waals surface area contributed by atoms with E-state index in [2.05, 4.69) is 39.3 Å². The minimum absolute atomic E-state index is 0.397. The maximum atomic E-state index is 8.81. The van der Waals surface area contributed by atoms with E-state index in [1.165, 1.54) is 11.6 Å². The smallest absolute Gasteiger partial charge is 0.142 e. The van der Waals surface area contributed by atoms with Crippen molar-refractivity contribution in [1.82, 2.24) is 0 Å². The minimum atomic E-state index is 0.397. The first kappa shape index (κ1) is 15.8. The van der Waals surface area contributed by atoms with Crippen molar-refractivity contribution in [2.45, 2.75) is 6.61 Å². The van der Waals surface area contributed by atoms with E-state index in [-0.39, 0.29) is 0 Å². The number of nitrogens with zero attached hydrogens (tertiary/aromatic N) is 1. The molecule has 0 fully saturated rings. The van der Waals surface area contributed by atoms with Gasteiger partial charge in [-0.05, 0) is 44.4 Å². The average Bonchev–Trinajstić information content (AvgIpc) is 2.54. The second-order valence-corrected chi connectivity index (χ2v) is 6.27. The molecule has 0 spiro atoms. The van der Waals surface area contributed by atoms with Gasteiger partial charge in [0.25, 0.3) is 0 Å². The van der Waals surface area contributed by atoms with Crippen LogP contribution in [0.3, 0.4) is 0 Å². The first-order chi connectivity index (χ1) is 11.2. The average molecular weight is 391 g/mol. The first-order valence-electron chi connectivity index (χ1n) is 6.95. The molecule has 23 heavy (non-hydrogen) atoms. The Bertz CT molecular complexity index is 875. The van der Waals surface area contributed by atoms with Gasteiger partial charge >= 0.3 is 0 Å². The Labute approximate surface area is 147 Å². The summed E-state index contributed by atoms with van der Waals surface area (Å²) in [5.41, 5.74) is 1.68. The van der Waals surface area contributed by atoms with Crippen LogP contribution in [0.15, 0.2) is 64.2 Å². The van der Waals surface area contributed by atoms with Gasteiger partial charge in [-0.25, -0.2) is 0 Å². The van der Waals surface area contributed by atoms with Gasteiger partial charge in [0.15, 0.2) is 0 Å². The lowest BCUT2D eigenvalue weighted by Crippen LogP contribution is -2.00. The molecule has 3 aromatic rings. The normalized spacial score (nSPS) is 11.2. The van der Waals surface area contributed by atoms with Crippen LogP contribution in [-0.4, -0.2) is 11.4 Å². The molecule has 0 bridgehead atoms. The first-order valence-corrected chi connectivity index (χ1v) is 8.12. The number of ether oxygens (including phenoxy) is 1. The van der Waals surface area contributed by atoms with Crippen LogP contribution < -0.4 is 4.74 Å². The van der Waals surface area contributed by atoms with Crippen LogP contribution in [-0.2, 0) is 6.61 Å². The molecule has 5 heteroatoms. The molecule has 1 N–H and O–H groups in total. The third kappa shape index (κ3) is 3.49. The lowest BCUT2D eigenvalue weighted by molar-refractivity contribution is 0.303. The van der Waals surface area contributed by atoms with E-state index >= 15 is 0 Å². The van der Waals surface area contributed by atoms with Gasteiger partial charge in [0, 0.05) is 10.6 Å². The van der Waals surface area contributed by atoms with Crippen LogP contribution in [0.4, 0.5) is 0 Å². The van der Waals surface area contributed by atoms with Crippen LogP contribution in [0.2, 0.25) is 5.02 Å². The van der Waals surface area contributed by atoms with Crippen molar-refractivity contribution in [3.63, 3.8) is 0 Å². The highest BCUT2D eigenvalue weighted by molar-refractivity contribution is 9.10. The van der Waals surface area contributed by atoms with Gasteiger partial charge in [-0.2, -0.15) is 0 Å². The van der Waals surface area contributed by atoms with Gasteiger partial charge in [0.1, 0.15) is 12.4 Å². The molecule has 0 radical (unpaired) electrons. The molecular weight excluding hydrogens is 378 g/mol. The Kier molecular flexibility index (Phi) is 4.84. The van der Waals surface area contributed by atoms with Crippen molar-refractivity contribution in [2.24, 2.45) is 5.16 Å². The Balaban J connectivity index is 1.94. The van der Waals surface area contributed by atoms with Crippen LogP contribution in [0.5, 0.6) is 5.75 Å². The summed E-state index contributed by atoms with van der Waals surface area (Å²) in [6.07, 6.45) is 1.30. The van der Waals surface area contributed by atoms with Crippen LogP contribution in [0.1, 0.15) is 11.1 Å². The molecule has 3 nitrogen and oxygen atoms in total. The van der Waals surface area contributed by atoms with Gasteiger partial charge < -0.3 is 9.94 Å². The van der Waals surface area contributed by atoms with Gasteiger partial charge in [-0.15, -0.1) is 0 Å². The number of halogens is 2. The van der Waals surface area contributed by atoms with Crippen LogP contribution in [0.25, 0.3) is 10.8 Å². The monoisotopic (exact) mass is 389 g/mol. The largest absolute Gasteiger partial charge is 0.487 e. The quantitative estimate of drug-likeness (QED) is 0.356. The zero-order chi connectivity index (χ0) is 16.2. The number of benzene rings is 3. The maximum absolute atomic E-state index is 8.81. The molecule has 0 amide bonds. The summed E-state index contributed by atoms with van der Waals surface area (Å²) in [6, 6.07) is 17.7. The molecule has 0 aromatic heterocycles. The van der Waals surface area contributed by atoms with Crippen molar-refractivity contribution in [1.29, 1.82) is 0 Å². The SMILES string of the molecule is ON=Cc1cc(Cl)cc(Br)c1OCc1cccc2ccccc12. The molecule has 3 aromatic carbocycles. The number of hydrogen-bond donors (Lipinski definition) is 1. The topological polar surface area (TPSA) is 41.8 Å². The molecule has 0 heterocycles. The molecule has 116 valence electrons. The molecule has 0 unspecified atom stereocenters. The summed E-state index contributed by atoms with van der Waals surface area (Å²) >= 11 is 9.46. The zero-order valence-corrected chi connectivity index (χ0v) is 14.4. The van der Waals surface area contributed by atoms with Crippen LogP contribution in [0, 0.1) is 0 Å².